The lowest BCUT2D eigenvalue weighted by Crippen LogP contribution is -2.33. The Morgan fingerprint density at radius 1 is 1.26 bits per heavy atom. The lowest BCUT2D eigenvalue weighted by atomic mass is 10.1. The van der Waals surface area contributed by atoms with Gasteiger partial charge < -0.3 is 9.64 Å². The Labute approximate surface area is 145 Å². The van der Waals surface area contributed by atoms with Crippen molar-refractivity contribution in [1.29, 1.82) is 0 Å². The number of benzene rings is 1. The molecular formula is C18H25ClN2O2. The number of terminal acetylenes is 1. The molecule has 0 radical (unpaired) electrons. The molecule has 0 heterocycles. The zero-order chi connectivity index (χ0) is 16.5. The number of hydrogen-bond donors (Lipinski definition) is 0. The summed E-state index contributed by atoms with van der Waals surface area (Å²) in [6, 6.07) is 7.36. The van der Waals surface area contributed by atoms with Crippen LogP contribution in [-0.2, 0) is 0 Å². The molecule has 0 atom stereocenters. The molecule has 1 aromatic rings. The third kappa shape index (κ3) is 6.77. The molecule has 0 aromatic heterocycles. The molecule has 0 spiro atoms. The number of hydrogen-bond acceptors (Lipinski definition) is 3. The van der Waals surface area contributed by atoms with Gasteiger partial charge in [-0.1, -0.05) is 24.6 Å². The first-order valence-corrected chi connectivity index (χ1v) is 7.38. The number of rotatable bonds is 7. The van der Waals surface area contributed by atoms with Gasteiger partial charge in [-0.3, -0.25) is 4.90 Å². The van der Waals surface area contributed by atoms with Gasteiger partial charge in [-0.25, -0.2) is 4.79 Å². The minimum absolute atomic E-state index is 0. The average molecular weight is 337 g/mol. The number of nitrogens with zero attached hydrogens (tertiary/aromatic N) is 2. The van der Waals surface area contributed by atoms with Crippen molar-refractivity contribution < 1.29 is 9.53 Å². The molecular weight excluding hydrogens is 312 g/mol. The Morgan fingerprint density at radius 2 is 1.83 bits per heavy atom. The van der Waals surface area contributed by atoms with Crippen LogP contribution < -0.4 is 4.74 Å². The van der Waals surface area contributed by atoms with Crippen LogP contribution in [-0.4, -0.2) is 49.1 Å². The summed E-state index contributed by atoms with van der Waals surface area (Å²) in [5.41, 5.74) is 1.98. The first-order valence-electron chi connectivity index (χ1n) is 7.38. The maximum absolute atomic E-state index is 11.9. The molecule has 23 heavy (non-hydrogen) atoms. The standard InChI is InChI=1S/C18H24N2O2.ClH/c1-6-13-19(5)14-15(4)16-9-11-17(12-10-16)22-18(21)20(7-2)8-3;/h1,9-12H,4,7-8,13-14H2,2-3,5H3;1H. The van der Waals surface area contributed by atoms with Crippen molar-refractivity contribution in [2.24, 2.45) is 0 Å². The molecule has 4 nitrogen and oxygen atoms in total. The molecule has 1 amide bonds. The van der Waals surface area contributed by atoms with Gasteiger partial charge >= 0.3 is 6.09 Å². The van der Waals surface area contributed by atoms with Crippen LogP contribution in [0.15, 0.2) is 30.8 Å². The molecule has 0 saturated carbocycles. The summed E-state index contributed by atoms with van der Waals surface area (Å²) in [6.45, 7) is 10.4. The van der Waals surface area contributed by atoms with Crippen LogP contribution in [0.5, 0.6) is 5.75 Å². The van der Waals surface area contributed by atoms with Gasteiger partial charge in [0.25, 0.3) is 0 Å². The normalized spacial score (nSPS) is 9.70. The lowest BCUT2D eigenvalue weighted by molar-refractivity contribution is 0.157. The number of carbonyl (C=O) groups is 1. The minimum Gasteiger partial charge on any atom is -0.410 e. The fraction of sp³-hybridized carbons (Fsp3) is 0.389. The minimum atomic E-state index is -0.328. The van der Waals surface area contributed by atoms with Crippen LogP contribution in [0.3, 0.4) is 0 Å². The number of halogens is 1. The van der Waals surface area contributed by atoms with Crippen LogP contribution in [0.25, 0.3) is 5.57 Å². The van der Waals surface area contributed by atoms with E-state index >= 15 is 0 Å². The molecule has 0 unspecified atom stereocenters. The number of ether oxygens (including phenoxy) is 1. The summed E-state index contributed by atoms with van der Waals surface area (Å²) < 4.78 is 5.33. The van der Waals surface area contributed by atoms with E-state index < -0.39 is 0 Å². The highest BCUT2D eigenvalue weighted by Crippen LogP contribution is 2.19. The summed E-state index contributed by atoms with van der Waals surface area (Å²) in [5.74, 6) is 3.13. The van der Waals surface area contributed by atoms with Crippen molar-refractivity contribution in [2.75, 3.05) is 33.2 Å². The molecule has 0 saturated heterocycles. The van der Waals surface area contributed by atoms with Crippen molar-refractivity contribution in [3.63, 3.8) is 0 Å². The van der Waals surface area contributed by atoms with E-state index in [2.05, 4.69) is 12.5 Å². The highest BCUT2D eigenvalue weighted by molar-refractivity contribution is 5.85. The summed E-state index contributed by atoms with van der Waals surface area (Å²) in [6.07, 6.45) is 4.96. The molecule has 126 valence electrons. The molecule has 5 heteroatoms. The Kier molecular flexibility index (Phi) is 9.80. The fourth-order valence-electron chi connectivity index (χ4n) is 2.03. The number of amides is 1. The molecule has 1 rings (SSSR count). The largest absolute Gasteiger partial charge is 0.415 e. The van der Waals surface area contributed by atoms with Gasteiger partial charge in [0, 0.05) is 19.6 Å². The Hall–Kier alpha value is -1.96. The van der Waals surface area contributed by atoms with Gasteiger partial charge in [0.15, 0.2) is 0 Å². The third-order valence-corrected chi connectivity index (χ3v) is 3.31. The van der Waals surface area contributed by atoms with E-state index in [-0.39, 0.29) is 18.5 Å². The SMILES string of the molecule is C#CCN(C)CC(=C)c1ccc(OC(=O)N(CC)CC)cc1.Cl. The summed E-state index contributed by atoms with van der Waals surface area (Å²) in [5, 5.41) is 0. The fourth-order valence-corrected chi connectivity index (χ4v) is 2.03. The van der Waals surface area contributed by atoms with Crippen LogP contribution in [0.1, 0.15) is 19.4 Å². The van der Waals surface area contributed by atoms with E-state index in [1.54, 1.807) is 17.0 Å². The first kappa shape index (κ1) is 21.0. The Balaban J connectivity index is 0.00000484. The van der Waals surface area contributed by atoms with Gasteiger partial charge in [-0.2, -0.15) is 0 Å². The van der Waals surface area contributed by atoms with Gasteiger partial charge in [-0.05, 0) is 44.2 Å². The van der Waals surface area contributed by atoms with Gasteiger partial charge in [0.05, 0.1) is 6.54 Å². The molecule has 0 N–H and O–H groups in total. The van der Waals surface area contributed by atoms with Gasteiger partial charge in [-0.15, -0.1) is 18.8 Å². The van der Waals surface area contributed by atoms with Crippen LogP contribution in [0.2, 0.25) is 0 Å². The van der Waals surface area contributed by atoms with E-state index in [1.165, 1.54) is 0 Å². The lowest BCUT2D eigenvalue weighted by Gasteiger charge is -2.18. The molecule has 0 fully saturated rings. The maximum Gasteiger partial charge on any atom is 0.415 e. The van der Waals surface area contributed by atoms with Crippen molar-refractivity contribution >= 4 is 24.1 Å². The van der Waals surface area contributed by atoms with Crippen molar-refractivity contribution in [3.8, 4) is 18.1 Å². The monoisotopic (exact) mass is 336 g/mol. The van der Waals surface area contributed by atoms with Crippen molar-refractivity contribution in [2.45, 2.75) is 13.8 Å². The highest BCUT2D eigenvalue weighted by atomic mass is 35.5. The second-order valence-electron chi connectivity index (χ2n) is 5.04. The smallest absolute Gasteiger partial charge is 0.410 e. The van der Waals surface area contributed by atoms with Gasteiger partial charge in [0.2, 0.25) is 0 Å². The quantitative estimate of drug-likeness (QED) is 0.714. The second kappa shape index (κ2) is 10.7. The molecule has 0 bridgehead atoms. The number of carbonyl (C=O) groups excluding carboxylic acids is 1. The van der Waals surface area contributed by atoms with Crippen LogP contribution in [0.4, 0.5) is 4.79 Å². The van der Waals surface area contributed by atoms with Crippen molar-refractivity contribution in [1.82, 2.24) is 9.80 Å². The Morgan fingerprint density at radius 3 is 2.30 bits per heavy atom. The van der Waals surface area contributed by atoms with Gasteiger partial charge in [0.1, 0.15) is 5.75 Å². The van der Waals surface area contributed by atoms with Crippen LogP contribution >= 0.6 is 12.4 Å². The van der Waals surface area contributed by atoms with E-state index in [0.717, 1.165) is 11.1 Å². The Bertz CT molecular complexity index is 545. The van der Waals surface area contributed by atoms with E-state index in [1.807, 2.05) is 37.9 Å². The topological polar surface area (TPSA) is 32.8 Å². The maximum atomic E-state index is 11.9. The summed E-state index contributed by atoms with van der Waals surface area (Å²) >= 11 is 0. The third-order valence-electron chi connectivity index (χ3n) is 3.31. The molecule has 1 aromatic carbocycles. The highest BCUT2D eigenvalue weighted by Gasteiger charge is 2.12. The zero-order valence-corrected chi connectivity index (χ0v) is 14.9. The molecule has 0 aliphatic heterocycles. The molecule has 0 aliphatic carbocycles. The average Bonchev–Trinajstić information content (AvgIpc) is 2.49. The summed E-state index contributed by atoms with van der Waals surface area (Å²) in [4.78, 5) is 15.5. The summed E-state index contributed by atoms with van der Waals surface area (Å²) in [7, 11) is 1.95. The van der Waals surface area contributed by atoms with E-state index in [4.69, 9.17) is 11.2 Å². The first-order chi connectivity index (χ1) is 10.5. The van der Waals surface area contributed by atoms with Crippen LogP contribution in [0, 0.1) is 12.3 Å². The van der Waals surface area contributed by atoms with E-state index in [0.29, 0.717) is 31.9 Å². The van der Waals surface area contributed by atoms with E-state index in [9.17, 15) is 4.79 Å². The number of likely N-dealkylation sites (N-methyl/N-ethyl adjacent to an activating group) is 1. The predicted octanol–water partition coefficient (Wildman–Crippen LogP) is 3.53. The van der Waals surface area contributed by atoms with Crippen molar-refractivity contribution in [3.05, 3.63) is 36.4 Å². The second-order valence-corrected chi connectivity index (χ2v) is 5.04. The predicted molar refractivity (Wildman–Crippen MR) is 98.0 cm³/mol. The zero-order valence-electron chi connectivity index (χ0n) is 14.0. The molecule has 0 aliphatic rings.